The van der Waals surface area contributed by atoms with Crippen molar-refractivity contribution in [2.45, 2.75) is 46.0 Å². The van der Waals surface area contributed by atoms with Crippen LogP contribution < -0.4 is 0 Å². The fraction of sp³-hybridized carbons (Fsp3) is 0.786. The quantitative estimate of drug-likeness (QED) is 0.316. The van der Waals surface area contributed by atoms with Gasteiger partial charge in [0.2, 0.25) is 5.78 Å². The molecule has 0 spiro atoms. The third-order valence-corrected chi connectivity index (χ3v) is 2.17. The normalized spacial score (nSPS) is 9.76. The highest BCUT2D eigenvalue weighted by Crippen LogP contribution is 2.00. The molecule has 0 N–H and O–H groups in total. The Morgan fingerprint density at radius 2 is 1.65 bits per heavy atom. The number of Topliss-reactive ketones (excluding diaryl/α,β-unsaturated/α-hetero) is 1. The first-order valence-electron chi connectivity index (χ1n) is 6.42. The van der Waals surface area contributed by atoms with Crippen LogP contribution in [-0.2, 0) is 14.3 Å². The van der Waals surface area contributed by atoms with Gasteiger partial charge in [-0.25, -0.2) is 0 Å². The van der Waals surface area contributed by atoms with Crippen molar-refractivity contribution in [2.75, 3.05) is 26.4 Å². The van der Waals surface area contributed by atoms with E-state index in [1.165, 1.54) is 0 Å². The molecule has 0 heterocycles. The van der Waals surface area contributed by atoms with Gasteiger partial charge in [-0.05, 0) is 32.1 Å². The number of hydrogen-bond acceptors (Lipinski definition) is 3. The smallest absolute Gasteiger partial charge is 0.231 e. The van der Waals surface area contributed by atoms with E-state index in [0.717, 1.165) is 45.3 Å². The van der Waals surface area contributed by atoms with Crippen molar-refractivity contribution in [3.63, 3.8) is 0 Å². The van der Waals surface area contributed by atoms with E-state index in [1.807, 2.05) is 0 Å². The zero-order chi connectivity index (χ0) is 12.8. The highest BCUT2D eigenvalue weighted by Gasteiger charge is 1.96. The Kier molecular flexibility index (Phi) is 12.6. The van der Waals surface area contributed by atoms with Gasteiger partial charge in [0, 0.05) is 19.8 Å². The zero-order valence-electron chi connectivity index (χ0n) is 11.1. The molecule has 3 heteroatoms. The van der Waals surface area contributed by atoms with Crippen molar-refractivity contribution < 1.29 is 14.3 Å². The van der Waals surface area contributed by atoms with E-state index in [9.17, 15) is 4.79 Å². The summed E-state index contributed by atoms with van der Waals surface area (Å²) in [5.41, 5.74) is 0. The molecule has 0 saturated heterocycles. The Bertz CT molecular complexity index is 238. The van der Waals surface area contributed by atoms with Crippen LogP contribution in [0.15, 0.2) is 0 Å². The molecule has 0 aromatic carbocycles. The lowest BCUT2D eigenvalue weighted by Crippen LogP contribution is -2.06. The molecular weight excluding hydrogens is 216 g/mol. The molecule has 0 aliphatic heterocycles. The number of rotatable bonds is 11. The first kappa shape index (κ1) is 16.1. The second kappa shape index (κ2) is 13.2. The first-order chi connectivity index (χ1) is 8.31. The van der Waals surface area contributed by atoms with Gasteiger partial charge in [-0.15, -0.1) is 0 Å². The summed E-state index contributed by atoms with van der Waals surface area (Å²) in [6, 6.07) is 0. The van der Waals surface area contributed by atoms with Crippen LogP contribution in [0.4, 0.5) is 0 Å². The van der Waals surface area contributed by atoms with Gasteiger partial charge < -0.3 is 9.47 Å². The first-order valence-corrected chi connectivity index (χ1v) is 6.42. The van der Waals surface area contributed by atoms with E-state index in [2.05, 4.69) is 18.8 Å². The summed E-state index contributed by atoms with van der Waals surface area (Å²) < 4.78 is 10.6. The van der Waals surface area contributed by atoms with Crippen molar-refractivity contribution in [2.24, 2.45) is 0 Å². The van der Waals surface area contributed by atoms with Crippen molar-refractivity contribution in [1.82, 2.24) is 0 Å². The highest BCUT2D eigenvalue weighted by molar-refractivity contribution is 5.96. The summed E-state index contributed by atoms with van der Waals surface area (Å²) in [6.07, 6.45) is 5.49. The Balaban J connectivity index is 3.07. The molecule has 0 unspecified atom stereocenters. The number of ketones is 1. The highest BCUT2D eigenvalue weighted by atomic mass is 16.5. The van der Waals surface area contributed by atoms with Gasteiger partial charge in [-0.1, -0.05) is 25.7 Å². The lowest BCUT2D eigenvalue weighted by Gasteiger charge is -2.03. The van der Waals surface area contributed by atoms with Crippen LogP contribution in [0.2, 0.25) is 0 Å². The molecule has 0 aliphatic carbocycles. The minimum absolute atomic E-state index is 0.125. The summed E-state index contributed by atoms with van der Waals surface area (Å²) in [5, 5.41) is 0. The molecule has 17 heavy (non-hydrogen) atoms. The van der Waals surface area contributed by atoms with Gasteiger partial charge in [0.1, 0.15) is 6.61 Å². The van der Waals surface area contributed by atoms with Crippen LogP contribution in [0.1, 0.15) is 46.0 Å². The summed E-state index contributed by atoms with van der Waals surface area (Å²) in [6.45, 7) is 6.26. The molecule has 0 radical (unpaired) electrons. The lowest BCUT2D eigenvalue weighted by atomic mass is 10.2. The topological polar surface area (TPSA) is 35.5 Å². The maximum absolute atomic E-state index is 11.0. The SMILES string of the molecule is CC#CC(=O)COCCCCCCOCCC. The monoisotopic (exact) mass is 240 g/mol. The van der Waals surface area contributed by atoms with E-state index in [1.54, 1.807) is 6.92 Å². The van der Waals surface area contributed by atoms with Gasteiger partial charge >= 0.3 is 0 Å². The van der Waals surface area contributed by atoms with Crippen LogP contribution in [0.5, 0.6) is 0 Å². The summed E-state index contributed by atoms with van der Waals surface area (Å²) in [5.74, 6) is 4.87. The fourth-order valence-corrected chi connectivity index (χ4v) is 1.35. The van der Waals surface area contributed by atoms with E-state index >= 15 is 0 Å². The van der Waals surface area contributed by atoms with E-state index < -0.39 is 0 Å². The minimum Gasteiger partial charge on any atom is -0.381 e. The van der Waals surface area contributed by atoms with Crippen LogP contribution in [0.25, 0.3) is 0 Å². The lowest BCUT2D eigenvalue weighted by molar-refractivity contribution is -0.118. The third-order valence-electron chi connectivity index (χ3n) is 2.17. The van der Waals surface area contributed by atoms with E-state index in [-0.39, 0.29) is 12.4 Å². The molecular formula is C14H24O3. The Labute approximate surface area is 105 Å². The standard InChI is InChI=1S/C14H24O3/c1-3-9-14(15)13-17-12-8-6-5-7-11-16-10-4-2/h4-8,10-13H2,1-2H3. The second-order valence-corrected chi connectivity index (χ2v) is 3.88. The molecule has 0 saturated carbocycles. The predicted molar refractivity (Wildman–Crippen MR) is 68.9 cm³/mol. The summed E-state index contributed by atoms with van der Waals surface area (Å²) in [7, 11) is 0. The van der Waals surface area contributed by atoms with E-state index in [4.69, 9.17) is 9.47 Å². The van der Waals surface area contributed by atoms with Gasteiger partial charge in [-0.2, -0.15) is 0 Å². The van der Waals surface area contributed by atoms with Gasteiger partial charge in [-0.3, -0.25) is 4.79 Å². The summed E-state index contributed by atoms with van der Waals surface area (Å²) in [4.78, 5) is 11.0. The number of hydrogen-bond donors (Lipinski definition) is 0. The maximum Gasteiger partial charge on any atom is 0.231 e. The van der Waals surface area contributed by atoms with Crippen molar-refractivity contribution in [1.29, 1.82) is 0 Å². The minimum atomic E-state index is -0.138. The molecule has 0 atom stereocenters. The van der Waals surface area contributed by atoms with Gasteiger partial charge in [0.15, 0.2) is 0 Å². The Hall–Kier alpha value is -0.850. The number of unbranched alkanes of at least 4 members (excludes halogenated alkanes) is 3. The summed E-state index contributed by atoms with van der Waals surface area (Å²) >= 11 is 0. The van der Waals surface area contributed by atoms with Crippen molar-refractivity contribution >= 4 is 5.78 Å². The van der Waals surface area contributed by atoms with Crippen LogP contribution in [0, 0.1) is 11.8 Å². The van der Waals surface area contributed by atoms with Crippen molar-refractivity contribution in [3.8, 4) is 11.8 Å². The largest absolute Gasteiger partial charge is 0.381 e. The Morgan fingerprint density at radius 3 is 2.24 bits per heavy atom. The van der Waals surface area contributed by atoms with Crippen LogP contribution in [0.3, 0.4) is 0 Å². The van der Waals surface area contributed by atoms with Crippen LogP contribution >= 0.6 is 0 Å². The maximum atomic E-state index is 11.0. The molecule has 0 bridgehead atoms. The molecule has 0 aliphatic rings. The Morgan fingerprint density at radius 1 is 1.00 bits per heavy atom. The zero-order valence-corrected chi connectivity index (χ0v) is 11.1. The molecule has 0 aromatic rings. The number of ether oxygens (including phenoxy) is 2. The average molecular weight is 240 g/mol. The number of carbonyl (C=O) groups excluding carboxylic acids is 1. The third kappa shape index (κ3) is 13.1. The molecule has 0 aromatic heterocycles. The fourth-order valence-electron chi connectivity index (χ4n) is 1.35. The van der Waals surface area contributed by atoms with E-state index in [0.29, 0.717) is 6.61 Å². The molecule has 98 valence electrons. The van der Waals surface area contributed by atoms with Crippen molar-refractivity contribution in [3.05, 3.63) is 0 Å². The molecule has 0 fully saturated rings. The molecule has 0 amide bonds. The molecule has 3 nitrogen and oxygen atoms in total. The molecule has 0 rings (SSSR count). The predicted octanol–water partition coefficient (Wildman–Crippen LogP) is 2.58. The van der Waals surface area contributed by atoms with Gasteiger partial charge in [0.05, 0.1) is 0 Å². The van der Waals surface area contributed by atoms with Crippen LogP contribution in [-0.4, -0.2) is 32.2 Å². The second-order valence-electron chi connectivity index (χ2n) is 3.88. The van der Waals surface area contributed by atoms with Gasteiger partial charge in [0.25, 0.3) is 0 Å². The number of carbonyl (C=O) groups is 1. The average Bonchev–Trinajstić information content (AvgIpc) is 2.32.